The smallest absolute Gasteiger partial charge is 0.122 e. The summed E-state index contributed by atoms with van der Waals surface area (Å²) in [5, 5.41) is 19.9. The topological polar surface area (TPSA) is 53.4 Å². The first-order valence-electron chi connectivity index (χ1n) is 2.98. The molecule has 3 nitrogen and oxygen atoms in total. The van der Waals surface area contributed by atoms with Gasteiger partial charge in [0.15, 0.2) is 0 Å². The van der Waals surface area contributed by atoms with Gasteiger partial charge in [-0.2, -0.15) is 4.37 Å². The maximum absolute atomic E-state index is 9.18. The van der Waals surface area contributed by atoms with E-state index in [9.17, 15) is 5.11 Å². The van der Waals surface area contributed by atoms with Gasteiger partial charge in [0.05, 0.1) is 11.8 Å². The van der Waals surface area contributed by atoms with Gasteiger partial charge in [-0.15, -0.1) is 0 Å². The minimum atomic E-state index is -0.841. The second kappa shape index (κ2) is 3.09. The van der Waals surface area contributed by atoms with Gasteiger partial charge >= 0.3 is 0 Å². The molecular weight excluding hydrogens is 150 g/mol. The average molecular weight is 159 g/mol. The molecule has 1 heterocycles. The lowest BCUT2D eigenvalue weighted by Crippen LogP contribution is -2.13. The molecule has 0 fully saturated rings. The molecule has 2 unspecified atom stereocenters. The van der Waals surface area contributed by atoms with Crippen molar-refractivity contribution in [3.05, 3.63) is 17.1 Å². The molecule has 0 aliphatic carbocycles. The van der Waals surface area contributed by atoms with E-state index in [2.05, 4.69) is 4.37 Å². The van der Waals surface area contributed by atoms with Gasteiger partial charge in [0, 0.05) is 5.38 Å². The third-order valence-electron chi connectivity index (χ3n) is 1.22. The van der Waals surface area contributed by atoms with E-state index in [4.69, 9.17) is 5.11 Å². The Balaban J connectivity index is 2.68. The number of hydrogen-bond donors (Lipinski definition) is 2. The van der Waals surface area contributed by atoms with Gasteiger partial charge in [0.25, 0.3) is 0 Å². The Hall–Kier alpha value is -0.450. The molecule has 0 aliphatic rings. The summed E-state index contributed by atoms with van der Waals surface area (Å²) in [5.74, 6) is 0. The zero-order chi connectivity index (χ0) is 7.56. The molecule has 0 spiro atoms. The summed E-state index contributed by atoms with van der Waals surface area (Å²) in [6, 6.07) is 1.70. The minimum Gasteiger partial charge on any atom is -0.390 e. The first-order valence-corrected chi connectivity index (χ1v) is 3.82. The lowest BCUT2D eigenvalue weighted by Gasteiger charge is -2.09. The Morgan fingerprint density at radius 2 is 2.30 bits per heavy atom. The largest absolute Gasteiger partial charge is 0.390 e. The number of aliphatic hydroxyl groups excluding tert-OH is 2. The van der Waals surface area contributed by atoms with E-state index < -0.39 is 12.2 Å². The molecule has 0 aromatic carbocycles. The number of aromatic nitrogens is 1. The van der Waals surface area contributed by atoms with Crippen molar-refractivity contribution in [1.29, 1.82) is 0 Å². The molecule has 0 aliphatic heterocycles. The van der Waals surface area contributed by atoms with Gasteiger partial charge in [-0.3, -0.25) is 0 Å². The molecule has 0 saturated heterocycles. The SMILES string of the molecule is CC(O)C(O)c1ccsn1. The van der Waals surface area contributed by atoms with Crippen LogP contribution in [0.25, 0.3) is 0 Å². The number of nitrogens with zero attached hydrogens (tertiary/aromatic N) is 1. The zero-order valence-corrected chi connectivity index (χ0v) is 6.38. The van der Waals surface area contributed by atoms with Crippen molar-refractivity contribution in [3.63, 3.8) is 0 Å². The van der Waals surface area contributed by atoms with Gasteiger partial charge in [-0.25, -0.2) is 0 Å². The van der Waals surface area contributed by atoms with Crippen LogP contribution in [-0.4, -0.2) is 20.7 Å². The van der Waals surface area contributed by atoms with E-state index in [-0.39, 0.29) is 0 Å². The van der Waals surface area contributed by atoms with Gasteiger partial charge < -0.3 is 10.2 Å². The molecule has 0 radical (unpaired) electrons. The van der Waals surface area contributed by atoms with E-state index in [0.29, 0.717) is 5.69 Å². The fourth-order valence-corrected chi connectivity index (χ4v) is 1.17. The Bertz CT molecular complexity index is 186. The van der Waals surface area contributed by atoms with Crippen molar-refractivity contribution >= 4 is 11.5 Å². The maximum atomic E-state index is 9.18. The Kier molecular flexibility index (Phi) is 2.37. The highest BCUT2D eigenvalue weighted by atomic mass is 32.1. The first kappa shape index (κ1) is 7.65. The van der Waals surface area contributed by atoms with E-state index in [1.54, 1.807) is 11.4 Å². The molecule has 4 heteroatoms. The highest BCUT2D eigenvalue weighted by molar-refractivity contribution is 7.03. The number of hydrogen-bond acceptors (Lipinski definition) is 4. The predicted octanol–water partition coefficient (Wildman–Crippen LogP) is 0.557. The number of aliphatic hydroxyl groups is 2. The summed E-state index contributed by atoms with van der Waals surface area (Å²) < 4.78 is 3.87. The molecule has 0 amide bonds. The van der Waals surface area contributed by atoms with Crippen molar-refractivity contribution in [2.75, 3.05) is 0 Å². The van der Waals surface area contributed by atoms with Crippen molar-refractivity contribution in [3.8, 4) is 0 Å². The van der Waals surface area contributed by atoms with Crippen LogP contribution < -0.4 is 0 Å². The summed E-state index contributed by atoms with van der Waals surface area (Å²) in [6.07, 6.45) is -1.59. The average Bonchev–Trinajstić information content (AvgIpc) is 2.36. The molecule has 0 saturated carbocycles. The van der Waals surface area contributed by atoms with Crippen molar-refractivity contribution < 1.29 is 10.2 Å². The zero-order valence-electron chi connectivity index (χ0n) is 5.56. The van der Waals surface area contributed by atoms with Gasteiger partial charge in [0.1, 0.15) is 6.10 Å². The van der Waals surface area contributed by atoms with Crippen LogP contribution in [-0.2, 0) is 0 Å². The van der Waals surface area contributed by atoms with E-state index in [1.165, 1.54) is 18.5 Å². The number of rotatable bonds is 2. The molecule has 2 N–H and O–H groups in total. The van der Waals surface area contributed by atoms with Crippen molar-refractivity contribution in [1.82, 2.24) is 4.37 Å². The van der Waals surface area contributed by atoms with E-state index in [0.717, 1.165) is 0 Å². The molecule has 56 valence electrons. The monoisotopic (exact) mass is 159 g/mol. The third kappa shape index (κ3) is 1.53. The molecular formula is C6H9NO2S. The van der Waals surface area contributed by atoms with E-state index >= 15 is 0 Å². The fourth-order valence-electron chi connectivity index (χ4n) is 0.622. The lowest BCUT2D eigenvalue weighted by molar-refractivity contribution is 0.0284. The first-order chi connectivity index (χ1) is 4.72. The molecule has 1 aromatic heterocycles. The summed E-state index contributed by atoms with van der Waals surface area (Å²) in [5.41, 5.74) is 0.542. The molecule has 1 rings (SSSR count). The van der Waals surface area contributed by atoms with Gasteiger partial charge in [0.2, 0.25) is 0 Å². The highest BCUT2D eigenvalue weighted by Gasteiger charge is 2.14. The van der Waals surface area contributed by atoms with Gasteiger partial charge in [-0.05, 0) is 24.5 Å². The highest BCUT2D eigenvalue weighted by Crippen LogP contribution is 2.14. The Labute approximate surface area is 63.1 Å². The van der Waals surface area contributed by atoms with Crippen molar-refractivity contribution in [2.45, 2.75) is 19.1 Å². The summed E-state index contributed by atoms with van der Waals surface area (Å²) >= 11 is 1.26. The molecule has 2 atom stereocenters. The van der Waals surface area contributed by atoms with Gasteiger partial charge in [-0.1, -0.05) is 0 Å². The Morgan fingerprint density at radius 1 is 1.60 bits per heavy atom. The van der Waals surface area contributed by atoms with Crippen LogP contribution in [0.1, 0.15) is 18.7 Å². The quantitative estimate of drug-likeness (QED) is 0.662. The predicted molar refractivity (Wildman–Crippen MR) is 38.8 cm³/mol. The van der Waals surface area contributed by atoms with Crippen LogP contribution >= 0.6 is 11.5 Å². The molecule has 1 aromatic rings. The van der Waals surface area contributed by atoms with Crippen LogP contribution in [0.3, 0.4) is 0 Å². The summed E-state index contributed by atoms with van der Waals surface area (Å²) in [6.45, 7) is 1.53. The van der Waals surface area contributed by atoms with Crippen LogP contribution in [0, 0.1) is 0 Å². The minimum absolute atomic E-state index is 0.542. The second-order valence-corrected chi connectivity index (χ2v) is 2.78. The van der Waals surface area contributed by atoms with Crippen molar-refractivity contribution in [2.24, 2.45) is 0 Å². The van der Waals surface area contributed by atoms with Crippen LogP contribution in [0.15, 0.2) is 11.4 Å². The standard InChI is InChI=1S/C6H9NO2S/c1-4(8)6(9)5-2-3-10-7-5/h2-4,6,8-9H,1H3. The van der Waals surface area contributed by atoms with E-state index in [1.807, 2.05) is 0 Å². The third-order valence-corrected chi connectivity index (χ3v) is 1.79. The Morgan fingerprint density at radius 3 is 2.70 bits per heavy atom. The normalized spacial score (nSPS) is 16.7. The van der Waals surface area contributed by atoms with Crippen LogP contribution in [0.2, 0.25) is 0 Å². The maximum Gasteiger partial charge on any atom is 0.122 e. The molecule has 10 heavy (non-hydrogen) atoms. The molecule has 0 bridgehead atoms. The van der Waals surface area contributed by atoms with Crippen LogP contribution in [0.5, 0.6) is 0 Å². The lowest BCUT2D eigenvalue weighted by atomic mass is 10.2. The summed E-state index contributed by atoms with van der Waals surface area (Å²) in [7, 11) is 0. The van der Waals surface area contributed by atoms with Crippen LogP contribution in [0.4, 0.5) is 0 Å². The second-order valence-electron chi connectivity index (χ2n) is 2.11. The summed E-state index contributed by atoms with van der Waals surface area (Å²) in [4.78, 5) is 0. The fraction of sp³-hybridized carbons (Fsp3) is 0.500.